The molecule has 0 spiro atoms. The van der Waals surface area contributed by atoms with E-state index in [2.05, 4.69) is 21.1 Å². The maximum Gasteiger partial charge on any atom is 0.138 e. The lowest BCUT2D eigenvalue weighted by Gasteiger charge is -2.13. The summed E-state index contributed by atoms with van der Waals surface area (Å²) in [5.41, 5.74) is 9.37. The van der Waals surface area contributed by atoms with Crippen molar-refractivity contribution in [2.24, 2.45) is 12.8 Å². The summed E-state index contributed by atoms with van der Waals surface area (Å²) in [5, 5.41) is 4.03. The van der Waals surface area contributed by atoms with E-state index in [1.54, 1.807) is 4.68 Å². The second kappa shape index (κ2) is 4.63. The van der Waals surface area contributed by atoms with E-state index in [0.29, 0.717) is 6.42 Å². The lowest BCUT2D eigenvalue weighted by atomic mass is 10.0. The summed E-state index contributed by atoms with van der Waals surface area (Å²) in [4.78, 5) is 8.58. The standard InChI is InChI=1S/C12H17N5/c1-8-4-9(2)12(14-6-8)10(13)5-11-15-7-16-17(11)3/h4,6-7,10H,5,13H2,1-3H3. The third-order valence-electron chi connectivity index (χ3n) is 2.81. The van der Waals surface area contributed by atoms with Crippen LogP contribution >= 0.6 is 0 Å². The molecule has 2 aromatic heterocycles. The van der Waals surface area contributed by atoms with Gasteiger partial charge in [-0.1, -0.05) is 6.07 Å². The van der Waals surface area contributed by atoms with Gasteiger partial charge in [-0.15, -0.1) is 0 Å². The van der Waals surface area contributed by atoms with Gasteiger partial charge in [0.1, 0.15) is 12.2 Å². The maximum atomic E-state index is 6.16. The van der Waals surface area contributed by atoms with Gasteiger partial charge >= 0.3 is 0 Å². The van der Waals surface area contributed by atoms with Crippen molar-refractivity contribution >= 4 is 0 Å². The fraction of sp³-hybridized carbons (Fsp3) is 0.417. The number of aryl methyl sites for hydroxylation is 3. The second-order valence-corrected chi connectivity index (χ2v) is 4.33. The zero-order valence-electron chi connectivity index (χ0n) is 10.4. The molecule has 2 aromatic rings. The zero-order chi connectivity index (χ0) is 12.4. The first-order valence-corrected chi connectivity index (χ1v) is 5.59. The molecular weight excluding hydrogens is 214 g/mol. The number of hydrogen-bond acceptors (Lipinski definition) is 4. The fourth-order valence-corrected chi connectivity index (χ4v) is 1.91. The summed E-state index contributed by atoms with van der Waals surface area (Å²) in [6.45, 7) is 4.06. The fourth-order valence-electron chi connectivity index (χ4n) is 1.91. The van der Waals surface area contributed by atoms with Crippen molar-refractivity contribution in [2.45, 2.75) is 26.3 Å². The summed E-state index contributed by atoms with van der Waals surface area (Å²) in [5.74, 6) is 0.874. The Morgan fingerprint density at radius 1 is 1.35 bits per heavy atom. The summed E-state index contributed by atoms with van der Waals surface area (Å²) in [6, 6.07) is 1.96. The molecule has 0 aromatic carbocycles. The van der Waals surface area contributed by atoms with Gasteiger partial charge in [0.05, 0.1) is 11.7 Å². The second-order valence-electron chi connectivity index (χ2n) is 4.33. The Kier molecular flexibility index (Phi) is 3.19. The third kappa shape index (κ3) is 2.50. The van der Waals surface area contributed by atoms with Crippen LogP contribution in [0, 0.1) is 13.8 Å². The molecule has 0 aliphatic carbocycles. The van der Waals surface area contributed by atoms with Crippen LogP contribution in [0.5, 0.6) is 0 Å². The molecule has 0 aliphatic rings. The molecule has 17 heavy (non-hydrogen) atoms. The smallest absolute Gasteiger partial charge is 0.138 e. The monoisotopic (exact) mass is 231 g/mol. The molecule has 0 fully saturated rings. The minimum atomic E-state index is -0.140. The van der Waals surface area contributed by atoms with Gasteiger partial charge < -0.3 is 5.73 Å². The number of nitrogens with two attached hydrogens (primary N) is 1. The highest BCUT2D eigenvalue weighted by Gasteiger charge is 2.14. The van der Waals surface area contributed by atoms with Crippen LogP contribution in [-0.4, -0.2) is 19.7 Å². The highest BCUT2D eigenvalue weighted by Crippen LogP contribution is 2.17. The topological polar surface area (TPSA) is 69.6 Å². The molecule has 2 N–H and O–H groups in total. The number of nitrogens with zero attached hydrogens (tertiary/aromatic N) is 4. The van der Waals surface area contributed by atoms with E-state index in [1.165, 1.54) is 6.33 Å². The Bertz CT molecular complexity index is 517. The molecule has 90 valence electrons. The zero-order valence-corrected chi connectivity index (χ0v) is 10.4. The van der Waals surface area contributed by atoms with Gasteiger partial charge in [0, 0.05) is 19.7 Å². The van der Waals surface area contributed by atoms with Gasteiger partial charge in [-0.25, -0.2) is 4.98 Å². The normalized spacial score (nSPS) is 12.7. The van der Waals surface area contributed by atoms with Crippen LogP contribution < -0.4 is 5.73 Å². The molecule has 2 rings (SSSR count). The molecule has 0 saturated heterocycles. The van der Waals surface area contributed by atoms with Crippen LogP contribution in [0.4, 0.5) is 0 Å². The predicted octanol–water partition coefficient (Wildman–Crippen LogP) is 1.07. The first-order valence-electron chi connectivity index (χ1n) is 5.59. The van der Waals surface area contributed by atoms with E-state index in [1.807, 2.05) is 27.1 Å². The minimum absolute atomic E-state index is 0.140. The van der Waals surface area contributed by atoms with E-state index in [4.69, 9.17) is 5.73 Å². The Morgan fingerprint density at radius 3 is 2.71 bits per heavy atom. The third-order valence-corrected chi connectivity index (χ3v) is 2.81. The molecule has 0 aliphatic heterocycles. The van der Waals surface area contributed by atoms with Crippen molar-refractivity contribution in [3.8, 4) is 0 Å². The molecule has 1 unspecified atom stereocenters. The number of pyridine rings is 1. The minimum Gasteiger partial charge on any atom is -0.322 e. The van der Waals surface area contributed by atoms with Crippen LogP contribution in [-0.2, 0) is 13.5 Å². The summed E-state index contributed by atoms with van der Waals surface area (Å²) < 4.78 is 1.74. The average molecular weight is 231 g/mol. The SMILES string of the molecule is Cc1cnc(C(N)Cc2ncnn2C)c(C)c1. The molecule has 0 amide bonds. The number of aromatic nitrogens is 4. The van der Waals surface area contributed by atoms with E-state index >= 15 is 0 Å². The quantitative estimate of drug-likeness (QED) is 0.857. The van der Waals surface area contributed by atoms with Gasteiger partial charge in [-0.05, 0) is 25.0 Å². The number of rotatable bonds is 3. The Morgan fingerprint density at radius 2 is 2.12 bits per heavy atom. The van der Waals surface area contributed by atoms with Crippen LogP contribution in [0.2, 0.25) is 0 Å². The molecule has 5 nitrogen and oxygen atoms in total. The predicted molar refractivity (Wildman–Crippen MR) is 65.3 cm³/mol. The van der Waals surface area contributed by atoms with Gasteiger partial charge in [0.25, 0.3) is 0 Å². The molecule has 1 atom stereocenters. The molecule has 2 heterocycles. The molecule has 0 radical (unpaired) electrons. The first-order chi connectivity index (χ1) is 8.08. The molecule has 5 heteroatoms. The largest absolute Gasteiger partial charge is 0.322 e. The van der Waals surface area contributed by atoms with Crippen molar-refractivity contribution in [3.05, 3.63) is 41.2 Å². The van der Waals surface area contributed by atoms with E-state index in [0.717, 1.165) is 22.6 Å². The molecular formula is C12H17N5. The van der Waals surface area contributed by atoms with Crippen LogP contribution in [0.1, 0.15) is 28.7 Å². The van der Waals surface area contributed by atoms with Crippen molar-refractivity contribution in [3.63, 3.8) is 0 Å². The average Bonchev–Trinajstić information content (AvgIpc) is 2.64. The van der Waals surface area contributed by atoms with E-state index in [-0.39, 0.29) is 6.04 Å². The summed E-state index contributed by atoms with van der Waals surface area (Å²) in [6.07, 6.45) is 4.03. The molecule has 0 saturated carbocycles. The van der Waals surface area contributed by atoms with Crippen LogP contribution in [0.3, 0.4) is 0 Å². The summed E-state index contributed by atoms with van der Waals surface area (Å²) >= 11 is 0. The van der Waals surface area contributed by atoms with Gasteiger partial charge in [-0.3, -0.25) is 9.67 Å². The van der Waals surface area contributed by atoms with Gasteiger partial charge in [-0.2, -0.15) is 5.10 Å². The van der Waals surface area contributed by atoms with Crippen molar-refractivity contribution in [2.75, 3.05) is 0 Å². The van der Waals surface area contributed by atoms with Crippen LogP contribution in [0.15, 0.2) is 18.6 Å². The maximum absolute atomic E-state index is 6.16. The van der Waals surface area contributed by atoms with Crippen LogP contribution in [0.25, 0.3) is 0 Å². The number of hydrogen-bond donors (Lipinski definition) is 1. The van der Waals surface area contributed by atoms with E-state index in [9.17, 15) is 0 Å². The van der Waals surface area contributed by atoms with E-state index < -0.39 is 0 Å². The van der Waals surface area contributed by atoms with Gasteiger partial charge in [0.2, 0.25) is 0 Å². The van der Waals surface area contributed by atoms with Crippen molar-refractivity contribution < 1.29 is 0 Å². The lowest BCUT2D eigenvalue weighted by molar-refractivity contribution is 0.615. The highest BCUT2D eigenvalue weighted by atomic mass is 15.3. The Balaban J connectivity index is 2.20. The Hall–Kier alpha value is -1.75. The van der Waals surface area contributed by atoms with Crippen molar-refractivity contribution in [1.82, 2.24) is 19.7 Å². The van der Waals surface area contributed by atoms with Gasteiger partial charge in [0.15, 0.2) is 0 Å². The van der Waals surface area contributed by atoms with Crippen molar-refractivity contribution in [1.29, 1.82) is 0 Å². The molecule has 0 bridgehead atoms. The highest BCUT2D eigenvalue weighted by molar-refractivity contribution is 5.25. The lowest BCUT2D eigenvalue weighted by Crippen LogP contribution is -2.18. The first kappa shape index (κ1) is 11.7. The summed E-state index contributed by atoms with van der Waals surface area (Å²) in [7, 11) is 1.87. The Labute approximate surface area is 101 Å².